The second kappa shape index (κ2) is 8.73. The molecule has 0 radical (unpaired) electrons. The fraction of sp³-hybridized carbons (Fsp3) is 0.0909. The Balaban J connectivity index is 1.43. The van der Waals surface area contributed by atoms with Crippen LogP contribution in [0.25, 0.3) is 22.6 Å². The van der Waals surface area contributed by atoms with E-state index >= 15 is 0 Å². The van der Waals surface area contributed by atoms with E-state index in [0.29, 0.717) is 11.5 Å². The van der Waals surface area contributed by atoms with Crippen LogP contribution in [0.1, 0.15) is 22.8 Å². The van der Waals surface area contributed by atoms with Crippen LogP contribution in [-0.2, 0) is 6.42 Å². The predicted octanol–water partition coefficient (Wildman–Crippen LogP) is 5.34. The summed E-state index contributed by atoms with van der Waals surface area (Å²) in [6, 6.07) is 15.2. The maximum atomic E-state index is 12.2. The molecule has 0 bridgehead atoms. The predicted molar refractivity (Wildman–Crippen MR) is 124 cm³/mol. The molecule has 0 saturated heterocycles. The number of oxazole rings is 1. The van der Waals surface area contributed by atoms with E-state index in [0.717, 1.165) is 33.2 Å². The highest BCUT2D eigenvalue weighted by atomic mass is 79.9. The van der Waals surface area contributed by atoms with Gasteiger partial charge in [-0.3, -0.25) is 15.1 Å². The lowest BCUT2D eigenvalue weighted by Gasteiger charge is -2.10. The normalized spacial score (nSPS) is 10.7. The fourth-order valence-corrected chi connectivity index (χ4v) is 3.46. The number of nitrogens with zero attached hydrogens (tertiary/aromatic N) is 2. The minimum Gasteiger partial charge on any atom is -0.436 e. The Bertz CT molecular complexity index is 1240. The molecule has 30 heavy (non-hydrogen) atoms. The Labute approximate surface area is 186 Å². The summed E-state index contributed by atoms with van der Waals surface area (Å²) < 4.78 is 6.58. The van der Waals surface area contributed by atoms with Gasteiger partial charge in [0.25, 0.3) is 5.91 Å². The van der Waals surface area contributed by atoms with Gasteiger partial charge >= 0.3 is 0 Å². The van der Waals surface area contributed by atoms with Crippen molar-refractivity contribution in [2.45, 2.75) is 13.3 Å². The van der Waals surface area contributed by atoms with Crippen molar-refractivity contribution < 1.29 is 9.21 Å². The third-order valence-electron chi connectivity index (χ3n) is 4.44. The van der Waals surface area contributed by atoms with Gasteiger partial charge in [0, 0.05) is 28.1 Å². The molecule has 6 nitrogen and oxygen atoms in total. The van der Waals surface area contributed by atoms with Crippen LogP contribution >= 0.6 is 28.1 Å². The molecule has 0 aliphatic rings. The van der Waals surface area contributed by atoms with Gasteiger partial charge in [-0.25, -0.2) is 4.98 Å². The average Bonchev–Trinajstić information content (AvgIpc) is 3.17. The van der Waals surface area contributed by atoms with Crippen molar-refractivity contribution in [3.05, 3.63) is 76.5 Å². The Hall–Kier alpha value is -3.10. The van der Waals surface area contributed by atoms with Gasteiger partial charge in [-0.2, -0.15) is 0 Å². The number of aryl methyl sites for hydroxylation is 1. The van der Waals surface area contributed by atoms with E-state index in [1.807, 2.05) is 42.5 Å². The Morgan fingerprint density at radius 2 is 1.93 bits per heavy atom. The SMILES string of the molecule is CCc1ccc2oc(-c3ccc(NC(=S)NC(=O)c4cncc(Br)c4)cc3)nc2c1. The molecule has 0 atom stereocenters. The number of hydrogen-bond donors (Lipinski definition) is 2. The maximum absolute atomic E-state index is 12.2. The highest BCUT2D eigenvalue weighted by Crippen LogP contribution is 2.26. The van der Waals surface area contributed by atoms with Crippen molar-refractivity contribution in [1.29, 1.82) is 0 Å². The first-order valence-corrected chi connectivity index (χ1v) is 10.4. The third kappa shape index (κ3) is 4.55. The fourth-order valence-electron chi connectivity index (χ4n) is 2.89. The first-order valence-electron chi connectivity index (χ1n) is 9.24. The van der Waals surface area contributed by atoms with Crippen LogP contribution in [-0.4, -0.2) is 21.0 Å². The summed E-state index contributed by atoms with van der Waals surface area (Å²) in [4.78, 5) is 20.8. The van der Waals surface area contributed by atoms with Crippen molar-refractivity contribution in [3.63, 3.8) is 0 Å². The monoisotopic (exact) mass is 480 g/mol. The number of nitrogens with one attached hydrogen (secondary N) is 2. The van der Waals surface area contributed by atoms with Crippen molar-refractivity contribution in [2.75, 3.05) is 5.32 Å². The number of anilines is 1. The van der Waals surface area contributed by atoms with Crippen LogP contribution in [0, 0.1) is 0 Å². The smallest absolute Gasteiger partial charge is 0.259 e. The minimum atomic E-state index is -0.337. The van der Waals surface area contributed by atoms with Gasteiger partial charge < -0.3 is 9.73 Å². The number of carbonyl (C=O) groups excluding carboxylic acids is 1. The zero-order chi connectivity index (χ0) is 21.1. The molecule has 0 unspecified atom stereocenters. The van der Waals surface area contributed by atoms with Gasteiger partial charge in [0.2, 0.25) is 5.89 Å². The molecule has 0 saturated carbocycles. The van der Waals surface area contributed by atoms with Crippen LogP contribution in [0.15, 0.2) is 69.8 Å². The molecule has 8 heteroatoms. The van der Waals surface area contributed by atoms with Gasteiger partial charge in [0.1, 0.15) is 5.52 Å². The number of carbonyl (C=O) groups is 1. The van der Waals surface area contributed by atoms with Gasteiger partial charge in [-0.1, -0.05) is 13.0 Å². The molecule has 2 aromatic carbocycles. The average molecular weight is 481 g/mol. The Morgan fingerprint density at radius 1 is 1.13 bits per heavy atom. The summed E-state index contributed by atoms with van der Waals surface area (Å²) in [5.41, 5.74) is 4.82. The zero-order valence-corrected chi connectivity index (χ0v) is 18.4. The number of rotatable bonds is 4. The molecule has 0 aliphatic carbocycles. The molecule has 1 amide bonds. The molecule has 2 N–H and O–H groups in total. The highest BCUT2D eigenvalue weighted by molar-refractivity contribution is 9.10. The summed E-state index contributed by atoms with van der Waals surface area (Å²) in [5, 5.41) is 5.83. The molecule has 4 rings (SSSR count). The van der Waals surface area contributed by atoms with Crippen LogP contribution in [0.5, 0.6) is 0 Å². The molecule has 2 heterocycles. The van der Waals surface area contributed by atoms with E-state index in [-0.39, 0.29) is 11.0 Å². The first-order chi connectivity index (χ1) is 14.5. The molecular weight excluding hydrogens is 464 g/mol. The van der Waals surface area contributed by atoms with Gasteiger partial charge in [0.15, 0.2) is 10.7 Å². The summed E-state index contributed by atoms with van der Waals surface area (Å²) in [6.45, 7) is 2.11. The first kappa shape index (κ1) is 20.2. The Kier molecular flexibility index (Phi) is 5.87. The van der Waals surface area contributed by atoms with Gasteiger partial charge in [0.05, 0.1) is 5.56 Å². The van der Waals surface area contributed by atoms with E-state index in [1.165, 1.54) is 11.8 Å². The quantitative estimate of drug-likeness (QED) is 0.383. The molecule has 0 aliphatic heterocycles. The van der Waals surface area contributed by atoms with Crippen LogP contribution < -0.4 is 10.6 Å². The minimum absolute atomic E-state index is 0.196. The summed E-state index contributed by atoms with van der Waals surface area (Å²) in [5.74, 6) is 0.221. The number of aromatic nitrogens is 2. The van der Waals surface area contributed by atoms with Crippen molar-refractivity contribution in [2.24, 2.45) is 0 Å². The Morgan fingerprint density at radius 3 is 2.67 bits per heavy atom. The number of pyridine rings is 1. The summed E-state index contributed by atoms with van der Waals surface area (Å²) >= 11 is 8.52. The summed E-state index contributed by atoms with van der Waals surface area (Å²) in [6.07, 6.45) is 4.03. The number of thiocarbonyl (C=S) groups is 1. The highest BCUT2D eigenvalue weighted by Gasteiger charge is 2.11. The van der Waals surface area contributed by atoms with E-state index in [9.17, 15) is 4.79 Å². The molecule has 150 valence electrons. The standard InChI is InChI=1S/C22H17BrN4O2S/c1-2-13-3-8-19-18(9-13)26-21(29-19)14-4-6-17(7-5-14)25-22(30)27-20(28)15-10-16(23)12-24-11-15/h3-12H,2H2,1H3,(H2,25,27,28,30). The molecule has 4 aromatic rings. The molecule has 2 aromatic heterocycles. The summed E-state index contributed by atoms with van der Waals surface area (Å²) in [7, 11) is 0. The number of amides is 1. The second-order valence-corrected chi connectivity index (χ2v) is 7.88. The van der Waals surface area contributed by atoms with E-state index in [4.69, 9.17) is 16.6 Å². The number of halogens is 1. The van der Waals surface area contributed by atoms with Crippen LogP contribution in [0.4, 0.5) is 5.69 Å². The lowest BCUT2D eigenvalue weighted by atomic mass is 10.1. The molecule has 0 spiro atoms. The van der Waals surface area contributed by atoms with Crippen LogP contribution in [0.2, 0.25) is 0 Å². The third-order valence-corrected chi connectivity index (χ3v) is 5.08. The maximum Gasteiger partial charge on any atom is 0.259 e. The largest absolute Gasteiger partial charge is 0.436 e. The van der Waals surface area contributed by atoms with Gasteiger partial charge in [-0.15, -0.1) is 0 Å². The molecular formula is C22H17BrN4O2S. The van der Waals surface area contributed by atoms with E-state index < -0.39 is 0 Å². The second-order valence-electron chi connectivity index (χ2n) is 6.55. The number of fused-ring (bicyclic) bond motifs is 1. The van der Waals surface area contributed by atoms with E-state index in [2.05, 4.69) is 43.5 Å². The van der Waals surface area contributed by atoms with Crippen molar-refractivity contribution >= 4 is 56.0 Å². The number of benzene rings is 2. The lowest BCUT2D eigenvalue weighted by Crippen LogP contribution is -2.34. The molecule has 0 fully saturated rings. The van der Waals surface area contributed by atoms with Crippen LogP contribution in [0.3, 0.4) is 0 Å². The topological polar surface area (TPSA) is 80.0 Å². The van der Waals surface area contributed by atoms with E-state index in [1.54, 1.807) is 12.3 Å². The van der Waals surface area contributed by atoms with Crippen molar-refractivity contribution in [1.82, 2.24) is 15.3 Å². The lowest BCUT2D eigenvalue weighted by molar-refractivity contribution is 0.0977. The number of hydrogen-bond acceptors (Lipinski definition) is 5. The zero-order valence-electron chi connectivity index (χ0n) is 16.0. The van der Waals surface area contributed by atoms with Crippen molar-refractivity contribution in [3.8, 4) is 11.5 Å². The van der Waals surface area contributed by atoms with Gasteiger partial charge in [-0.05, 0) is 82.6 Å².